The van der Waals surface area contributed by atoms with E-state index in [9.17, 15) is 19.5 Å². The lowest BCUT2D eigenvalue weighted by molar-refractivity contribution is -0.0936. The maximum Gasteiger partial charge on any atom is 0.508 e. The molecule has 0 bridgehead atoms. The zero-order chi connectivity index (χ0) is 23.8. The number of aliphatic hydroxyl groups is 1. The highest BCUT2D eigenvalue weighted by atomic mass is 28.3. The van der Waals surface area contributed by atoms with Gasteiger partial charge in [-0.05, 0) is 25.0 Å². The van der Waals surface area contributed by atoms with E-state index >= 15 is 0 Å². The molecule has 0 radical (unpaired) electrons. The van der Waals surface area contributed by atoms with Crippen molar-refractivity contribution in [2.75, 3.05) is 6.61 Å². The van der Waals surface area contributed by atoms with Gasteiger partial charge in [-0.1, -0.05) is 40.4 Å². The molecule has 0 aliphatic carbocycles. The van der Waals surface area contributed by atoms with Gasteiger partial charge in [0, 0.05) is 18.2 Å². The Balaban J connectivity index is 2.58. The molecule has 0 aromatic carbocycles. The van der Waals surface area contributed by atoms with Crippen LogP contribution in [0.3, 0.4) is 0 Å². The summed E-state index contributed by atoms with van der Waals surface area (Å²) in [5.41, 5.74) is -0.782. The molecule has 0 amide bonds. The van der Waals surface area contributed by atoms with E-state index in [1.165, 1.54) is 16.8 Å². The third-order valence-corrected chi connectivity index (χ3v) is 13.1. The van der Waals surface area contributed by atoms with Crippen LogP contribution >= 0.6 is 0 Å². The monoisotopic (exact) mass is 454 g/mol. The number of hydrogen-bond acceptors (Lipinski definition) is 7. The summed E-state index contributed by atoms with van der Waals surface area (Å²) in [5, 5.41) is 10.4. The molecule has 1 aromatic heterocycles. The molecular weight excluding hydrogens is 420 g/mol. The molecular formula is C21H34N2O7Si. The summed E-state index contributed by atoms with van der Waals surface area (Å²) in [6, 6.07) is 0. The Labute approximate surface area is 183 Å². The van der Waals surface area contributed by atoms with Crippen LogP contribution in [0.15, 0.2) is 28.4 Å². The topological polar surface area (TPSA) is 120 Å². The fourth-order valence-electron chi connectivity index (χ4n) is 3.78. The van der Waals surface area contributed by atoms with Crippen molar-refractivity contribution in [3.63, 3.8) is 0 Å². The molecule has 0 spiro atoms. The minimum atomic E-state index is -2.56. The van der Waals surface area contributed by atoms with Crippen LogP contribution in [0.2, 0.25) is 18.1 Å². The number of H-pyrrole nitrogens is 1. The van der Waals surface area contributed by atoms with Crippen LogP contribution < -0.4 is 11.2 Å². The first-order chi connectivity index (χ1) is 14.2. The molecule has 9 nitrogen and oxygen atoms in total. The van der Waals surface area contributed by atoms with Gasteiger partial charge in [0.1, 0.15) is 12.3 Å². The average Bonchev–Trinajstić information content (AvgIpc) is 3.01. The van der Waals surface area contributed by atoms with Gasteiger partial charge < -0.3 is 19.3 Å². The number of rotatable bonds is 6. The fourth-order valence-corrected chi connectivity index (χ4v) is 6.71. The first-order valence-corrected chi connectivity index (χ1v) is 13.4. The van der Waals surface area contributed by atoms with Crippen LogP contribution in [0.1, 0.15) is 45.9 Å². The van der Waals surface area contributed by atoms with Gasteiger partial charge in [-0.25, -0.2) is 9.59 Å². The zero-order valence-electron chi connectivity index (χ0n) is 19.4. The number of aromatic amines is 1. The van der Waals surface area contributed by atoms with E-state index in [2.05, 4.69) is 11.6 Å². The maximum atomic E-state index is 12.5. The zero-order valence-corrected chi connectivity index (χ0v) is 20.4. The van der Waals surface area contributed by atoms with Crippen molar-refractivity contribution in [2.24, 2.45) is 0 Å². The summed E-state index contributed by atoms with van der Waals surface area (Å²) in [7, 11) is -2.56. The minimum Gasteiger partial charge on any atom is -0.435 e. The van der Waals surface area contributed by atoms with Gasteiger partial charge >= 0.3 is 11.8 Å². The quantitative estimate of drug-likeness (QED) is 0.385. The lowest BCUT2D eigenvalue weighted by atomic mass is 10.1. The Hall–Kier alpha value is -2.17. The van der Waals surface area contributed by atoms with Crippen molar-refractivity contribution in [3.8, 4) is 0 Å². The summed E-state index contributed by atoms with van der Waals surface area (Å²) in [4.78, 5) is 38.5. The minimum absolute atomic E-state index is 0.0933. The van der Waals surface area contributed by atoms with E-state index in [4.69, 9.17) is 14.2 Å². The SMILES string of the molecule is C=CC(OC(=O)OCC)[C@H]1O[C@@H](n2cc(C)c(=O)[nH]c2=O)C[C@@]1(O)[Si](C)(C)C(C)(C)C. The number of ether oxygens (including phenoxy) is 3. The Bertz CT molecular complexity index is 946. The number of carbonyl (C=O) groups is 1. The Morgan fingerprint density at radius 3 is 2.61 bits per heavy atom. The molecule has 31 heavy (non-hydrogen) atoms. The highest BCUT2D eigenvalue weighted by molar-refractivity contribution is 6.83. The highest BCUT2D eigenvalue weighted by Gasteiger charge is 2.63. The molecule has 1 aromatic rings. The number of nitrogens with zero attached hydrogens (tertiary/aromatic N) is 1. The Morgan fingerprint density at radius 1 is 1.48 bits per heavy atom. The van der Waals surface area contributed by atoms with Crippen molar-refractivity contribution < 1.29 is 24.1 Å². The van der Waals surface area contributed by atoms with Gasteiger partial charge in [0.25, 0.3) is 5.56 Å². The number of carbonyl (C=O) groups excluding carboxylic acids is 1. The number of hydrogen-bond donors (Lipinski definition) is 2. The Kier molecular flexibility index (Phi) is 7.09. The van der Waals surface area contributed by atoms with Crippen molar-refractivity contribution in [1.82, 2.24) is 9.55 Å². The smallest absolute Gasteiger partial charge is 0.435 e. The molecule has 1 unspecified atom stereocenters. The average molecular weight is 455 g/mol. The summed E-state index contributed by atoms with van der Waals surface area (Å²) in [5.74, 6) is 0. The number of aromatic nitrogens is 2. The molecule has 1 fully saturated rings. The fraction of sp³-hybridized carbons (Fsp3) is 0.667. The third-order valence-electron chi connectivity index (χ3n) is 6.70. The van der Waals surface area contributed by atoms with Crippen LogP contribution in [0, 0.1) is 6.92 Å². The Morgan fingerprint density at radius 2 is 2.10 bits per heavy atom. The molecule has 1 aliphatic heterocycles. The van der Waals surface area contributed by atoms with Crippen LogP contribution in [0.4, 0.5) is 4.79 Å². The van der Waals surface area contributed by atoms with Crippen molar-refractivity contribution in [2.45, 2.75) is 82.8 Å². The summed E-state index contributed by atoms with van der Waals surface area (Å²) in [6.07, 6.45) is -0.828. The first kappa shape index (κ1) is 25.1. The lowest BCUT2D eigenvalue weighted by Crippen LogP contribution is -2.66. The van der Waals surface area contributed by atoms with E-state index in [1.54, 1.807) is 13.8 Å². The second kappa shape index (κ2) is 8.76. The first-order valence-electron chi connectivity index (χ1n) is 10.4. The van der Waals surface area contributed by atoms with Gasteiger partial charge in [-0.2, -0.15) is 0 Å². The van der Waals surface area contributed by atoms with Crippen molar-refractivity contribution >= 4 is 14.2 Å². The molecule has 2 rings (SSSR count). The summed E-state index contributed by atoms with van der Waals surface area (Å²) >= 11 is 0. The largest absolute Gasteiger partial charge is 0.508 e. The standard InChI is InChI=1S/C21H34N2O7Si/c1-9-14(29-19(26)28-10-2)16-21(27,31(7,8)20(4,5)6)11-15(30-16)23-12-13(3)17(24)22-18(23)25/h9,12,14-16,27H,1,10-11H2,2-8H3,(H,22,24,25)/t14?,15-,16-,21-/m1/s1. The van der Waals surface area contributed by atoms with Crippen LogP contribution in [-0.2, 0) is 14.2 Å². The summed E-state index contributed by atoms with van der Waals surface area (Å²) in [6.45, 7) is 17.3. The molecule has 1 aliphatic rings. The van der Waals surface area contributed by atoms with Crippen molar-refractivity contribution in [1.29, 1.82) is 0 Å². The third kappa shape index (κ3) is 4.56. The van der Waals surface area contributed by atoms with Gasteiger partial charge in [0.15, 0.2) is 6.10 Å². The van der Waals surface area contributed by atoms with Crippen molar-refractivity contribution in [3.05, 3.63) is 45.3 Å². The van der Waals surface area contributed by atoms with Gasteiger partial charge in [0.2, 0.25) is 0 Å². The van der Waals surface area contributed by atoms with Gasteiger partial charge in [-0.3, -0.25) is 14.3 Å². The molecule has 2 N–H and O–H groups in total. The predicted octanol–water partition coefficient (Wildman–Crippen LogP) is 2.64. The molecule has 0 saturated carbocycles. The van der Waals surface area contributed by atoms with Crippen LogP contribution in [0.5, 0.6) is 0 Å². The predicted molar refractivity (Wildman–Crippen MR) is 119 cm³/mol. The van der Waals surface area contributed by atoms with E-state index in [-0.39, 0.29) is 18.1 Å². The second-order valence-corrected chi connectivity index (χ2v) is 15.1. The molecule has 10 heteroatoms. The molecule has 1 saturated heterocycles. The van der Waals surface area contributed by atoms with E-state index < -0.39 is 49.1 Å². The lowest BCUT2D eigenvalue weighted by Gasteiger charge is -2.50. The molecule has 4 atom stereocenters. The number of aryl methyl sites for hydroxylation is 1. The van der Waals surface area contributed by atoms with E-state index in [0.29, 0.717) is 5.56 Å². The highest BCUT2D eigenvalue weighted by Crippen LogP contribution is 2.52. The van der Waals surface area contributed by atoms with E-state index in [1.807, 2.05) is 33.9 Å². The van der Waals surface area contributed by atoms with E-state index in [0.717, 1.165) is 0 Å². The van der Waals surface area contributed by atoms with Crippen LogP contribution in [-0.4, -0.2) is 52.9 Å². The molecule has 174 valence electrons. The van der Waals surface area contributed by atoms with Crippen LogP contribution in [0.25, 0.3) is 0 Å². The van der Waals surface area contributed by atoms with Gasteiger partial charge in [-0.15, -0.1) is 0 Å². The molecule has 2 heterocycles. The maximum absolute atomic E-state index is 12.5. The van der Waals surface area contributed by atoms with Gasteiger partial charge in [0.05, 0.1) is 19.9 Å². The summed E-state index contributed by atoms with van der Waals surface area (Å²) < 4.78 is 17.7. The number of nitrogens with one attached hydrogen (secondary N) is 1. The normalized spacial score (nSPS) is 25.2. The second-order valence-electron chi connectivity index (χ2n) is 9.49.